The van der Waals surface area contributed by atoms with Crippen LogP contribution in [0.3, 0.4) is 0 Å². The number of aliphatic hydroxyl groups is 1. The second kappa shape index (κ2) is 6.90. The van der Waals surface area contributed by atoms with Crippen LogP contribution in [0.5, 0.6) is 0 Å². The Morgan fingerprint density at radius 2 is 2.33 bits per heavy atom. The molecule has 1 rings (SSSR count). The molecule has 4 heteroatoms. The molecular formula is C14H25NO3. The number of esters is 1. The second-order valence-electron chi connectivity index (χ2n) is 5.26. The van der Waals surface area contributed by atoms with Gasteiger partial charge in [-0.2, -0.15) is 0 Å². The van der Waals surface area contributed by atoms with Crippen LogP contribution in [0.2, 0.25) is 0 Å². The maximum absolute atomic E-state index is 11.5. The van der Waals surface area contributed by atoms with E-state index in [4.69, 9.17) is 4.74 Å². The lowest BCUT2D eigenvalue weighted by Crippen LogP contribution is -2.48. The average molecular weight is 255 g/mol. The van der Waals surface area contributed by atoms with Crippen molar-refractivity contribution in [2.45, 2.75) is 45.8 Å². The van der Waals surface area contributed by atoms with E-state index in [2.05, 4.69) is 25.2 Å². The lowest BCUT2D eigenvalue weighted by Gasteiger charge is -2.30. The van der Waals surface area contributed by atoms with Crippen molar-refractivity contribution in [2.24, 2.45) is 11.8 Å². The molecule has 0 aliphatic heterocycles. The van der Waals surface area contributed by atoms with Crippen molar-refractivity contribution in [1.29, 1.82) is 0 Å². The predicted octanol–water partition coefficient (Wildman–Crippen LogP) is 1.49. The molecule has 0 fully saturated rings. The van der Waals surface area contributed by atoms with Crippen molar-refractivity contribution in [1.82, 2.24) is 5.32 Å². The summed E-state index contributed by atoms with van der Waals surface area (Å²) < 4.78 is 4.69. The highest BCUT2D eigenvalue weighted by Crippen LogP contribution is 2.29. The first-order valence-electron chi connectivity index (χ1n) is 6.63. The van der Waals surface area contributed by atoms with Gasteiger partial charge in [-0.05, 0) is 38.5 Å². The highest BCUT2D eigenvalue weighted by molar-refractivity contribution is 5.76. The molecule has 0 heterocycles. The van der Waals surface area contributed by atoms with Gasteiger partial charge in [-0.1, -0.05) is 18.6 Å². The minimum Gasteiger partial charge on any atom is -0.468 e. The van der Waals surface area contributed by atoms with Crippen LogP contribution in [-0.2, 0) is 9.53 Å². The molecule has 0 aromatic heterocycles. The van der Waals surface area contributed by atoms with Crippen molar-refractivity contribution in [2.75, 3.05) is 13.7 Å². The number of allylic oxidation sites excluding steroid dienone is 1. The molecule has 18 heavy (non-hydrogen) atoms. The van der Waals surface area contributed by atoms with Crippen molar-refractivity contribution < 1.29 is 14.6 Å². The number of aliphatic hydroxyl groups excluding tert-OH is 1. The Bertz CT molecular complexity index is 312. The molecule has 2 N–H and O–H groups in total. The quantitative estimate of drug-likeness (QED) is 0.577. The van der Waals surface area contributed by atoms with E-state index in [1.165, 1.54) is 19.1 Å². The molecular weight excluding hydrogens is 230 g/mol. The fraction of sp³-hybridized carbons (Fsp3) is 0.786. The minimum absolute atomic E-state index is 0.407. The van der Waals surface area contributed by atoms with Gasteiger partial charge in [-0.25, -0.2) is 0 Å². The Morgan fingerprint density at radius 3 is 2.83 bits per heavy atom. The monoisotopic (exact) mass is 255 g/mol. The third-order valence-corrected chi connectivity index (χ3v) is 3.86. The van der Waals surface area contributed by atoms with Gasteiger partial charge in [0.2, 0.25) is 0 Å². The first-order chi connectivity index (χ1) is 8.47. The van der Waals surface area contributed by atoms with Gasteiger partial charge in [0.25, 0.3) is 0 Å². The Kier molecular flexibility index (Phi) is 5.82. The molecule has 0 aromatic rings. The number of rotatable bonds is 5. The van der Waals surface area contributed by atoms with Crippen molar-refractivity contribution in [3.05, 3.63) is 11.6 Å². The summed E-state index contributed by atoms with van der Waals surface area (Å²) >= 11 is 0. The van der Waals surface area contributed by atoms with E-state index in [0.717, 1.165) is 6.42 Å². The van der Waals surface area contributed by atoms with Crippen molar-refractivity contribution >= 4 is 5.97 Å². The van der Waals surface area contributed by atoms with Gasteiger partial charge in [-0.15, -0.1) is 0 Å². The zero-order valence-corrected chi connectivity index (χ0v) is 11.8. The zero-order chi connectivity index (χ0) is 13.7. The van der Waals surface area contributed by atoms with Crippen molar-refractivity contribution in [3.63, 3.8) is 0 Å². The lowest BCUT2D eigenvalue weighted by atomic mass is 9.80. The summed E-state index contributed by atoms with van der Waals surface area (Å²) in [6.07, 6.45) is 3.84. The maximum atomic E-state index is 11.5. The lowest BCUT2D eigenvalue weighted by molar-refractivity contribution is -0.145. The van der Waals surface area contributed by atoms with Crippen LogP contribution in [0.25, 0.3) is 0 Å². The predicted molar refractivity (Wildman–Crippen MR) is 71.1 cm³/mol. The fourth-order valence-corrected chi connectivity index (χ4v) is 2.57. The number of methoxy groups -OCH3 is 1. The molecule has 0 unspecified atom stereocenters. The molecule has 0 saturated carbocycles. The highest BCUT2D eigenvalue weighted by atomic mass is 16.5. The molecule has 4 atom stereocenters. The summed E-state index contributed by atoms with van der Waals surface area (Å²) in [5.41, 5.74) is 1.37. The molecule has 0 amide bonds. The molecule has 0 aromatic carbocycles. The Hall–Kier alpha value is -0.870. The third-order valence-electron chi connectivity index (χ3n) is 3.86. The van der Waals surface area contributed by atoms with E-state index >= 15 is 0 Å². The summed E-state index contributed by atoms with van der Waals surface area (Å²) in [7, 11) is 1.34. The van der Waals surface area contributed by atoms with Gasteiger partial charge in [0.15, 0.2) is 0 Å². The molecule has 0 bridgehead atoms. The smallest absolute Gasteiger partial charge is 0.325 e. The molecule has 0 radical (unpaired) electrons. The summed E-state index contributed by atoms with van der Waals surface area (Å²) in [4.78, 5) is 11.5. The average Bonchev–Trinajstić information content (AvgIpc) is 2.31. The van der Waals surface area contributed by atoms with Gasteiger partial charge < -0.3 is 15.2 Å². The Balaban J connectivity index is 2.59. The second-order valence-corrected chi connectivity index (χ2v) is 5.26. The molecule has 1 aliphatic rings. The SMILES string of the molecule is COC(=O)[C@H](NC[C@@H]1C(C)=CCC[C@@H]1C)[C@H](C)O. The summed E-state index contributed by atoms with van der Waals surface area (Å²) in [5.74, 6) is 0.634. The van der Waals surface area contributed by atoms with E-state index in [0.29, 0.717) is 18.4 Å². The molecule has 0 spiro atoms. The number of ether oxygens (including phenoxy) is 1. The third kappa shape index (κ3) is 3.82. The van der Waals surface area contributed by atoms with Gasteiger partial charge in [0, 0.05) is 6.54 Å². The van der Waals surface area contributed by atoms with Crippen LogP contribution in [0.4, 0.5) is 0 Å². The van der Waals surface area contributed by atoms with E-state index in [-0.39, 0.29) is 0 Å². The summed E-state index contributed by atoms with van der Waals surface area (Å²) in [6, 6.07) is -0.642. The number of carbonyl (C=O) groups is 1. The van der Waals surface area contributed by atoms with Crippen LogP contribution in [0, 0.1) is 11.8 Å². The van der Waals surface area contributed by atoms with Gasteiger partial charge >= 0.3 is 5.97 Å². The highest BCUT2D eigenvalue weighted by Gasteiger charge is 2.27. The minimum atomic E-state index is -0.749. The molecule has 1 aliphatic carbocycles. The maximum Gasteiger partial charge on any atom is 0.325 e. The van der Waals surface area contributed by atoms with Crippen LogP contribution >= 0.6 is 0 Å². The summed E-state index contributed by atoms with van der Waals surface area (Å²) in [6.45, 7) is 6.67. The van der Waals surface area contributed by atoms with E-state index in [1.807, 2.05) is 0 Å². The summed E-state index contributed by atoms with van der Waals surface area (Å²) in [5, 5.41) is 12.7. The number of carbonyl (C=O) groups excluding carboxylic acids is 1. The molecule has 0 saturated heterocycles. The van der Waals surface area contributed by atoms with Gasteiger partial charge in [0.05, 0.1) is 13.2 Å². The van der Waals surface area contributed by atoms with Gasteiger partial charge in [-0.3, -0.25) is 4.79 Å². The number of hydrogen-bond acceptors (Lipinski definition) is 4. The van der Waals surface area contributed by atoms with E-state index in [9.17, 15) is 9.90 Å². The molecule has 4 nitrogen and oxygen atoms in total. The van der Waals surface area contributed by atoms with Crippen LogP contribution < -0.4 is 5.32 Å². The largest absolute Gasteiger partial charge is 0.468 e. The normalized spacial score (nSPS) is 27.3. The fourth-order valence-electron chi connectivity index (χ4n) is 2.57. The standard InChI is InChI=1S/C14H25NO3/c1-9-6-5-7-10(2)12(9)8-15-13(11(3)16)14(17)18-4/h6,10-13,15-16H,5,7-8H2,1-4H3/t10-,11-,12+,13+/m0/s1. The van der Waals surface area contributed by atoms with Crippen LogP contribution in [-0.4, -0.2) is 36.9 Å². The number of hydrogen-bond donors (Lipinski definition) is 2. The topological polar surface area (TPSA) is 58.6 Å². The number of nitrogens with one attached hydrogen (secondary N) is 1. The van der Waals surface area contributed by atoms with E-state index < -0.39 is 18.1 Å². The first kappa shape index (κ1) is 15.2. The Morgan fingerprint density at radius 1 is 1.67 bits per heavy atom. The van der Waals surface area contributed by atoms with Crippen LogP contribution in [0.15, 0.2) is 11.6 Å². The van der Waals surface area contributed by atoms with Crippen LogP contribution in [0.1, 0.15) is 33.6 Å². The first-order valence-corrected chi connectivity index (χ1v) is 6.63. The molecule has 104 valence electrons. The van der Waals surface area contributed by atoms with Crippen molar-refractivity contribution in [3.8, 4) is 0 Å². The van der Waals surface area contributed by atoms with E-state index in [1.54, 1.807) is 6.92 Å². The zero-order valence-electron chi connectivity index (χ0n) is 11.8. The Labute approximate surface area is 109 Å². The van der Waals surface area contributed by atoms with Gasteiger partial charge in [0.1, 0.15) is 6.04 Å².